The zero-order valence-electron chi connectivity index (χ0n) is 12.2. The van der Waals surface area contributed by atoms with E-state index in [1.807, 2.05) is 24.3 Å². The Hall–Kier alpha value is -1.34. The summed E-state index contributed by atoms with van der Waals surface area (Å²) in [5.74, 6) is 1.82. The van der Waals surface area contributed by atoms with Crippen molar-refractivity contribution in [2.24, 2.45) is 11.3 Å². The molecule has 0 N–H and O–H groups in total. The van der Waals surface area contributed by atoms with E-state index in [1.165, 1.54) is 0 Å². The van der Waals surface area contributed by atoms with E-state index in [0.717, 1.165) is 11.1 Å². The summed E-state index contributed by atoms with van der Waals surface area (Å²) in [7, 11) is 0. The lowest BCUT2D eigenvalue weighted by Crippen LogP contribution is -2.59. The van der Waals surface area contributed by atoms with Crippen molar-refractivity contribution in [3.8, 4) is 12.3 Å². The summed E-state index contributed by atoms with van der Waals surface area (Å²) in [6.07, 6.45) is 5.58. The van der Waals surface area contributed by atoms with Gasteiger partial charge in [-0.2, -0.15) is 0 Å². The van der Waals surface area contributed by atoms with Crippen molar-refractivity contribution in [3.05, 3.63) is 35.4 Å². The van der Waals surface area contributed by atoms with E-state index in [4.69, 9.17) is 20.6 Å². The predicted octanol–water partition coefficient (Wildman–Crippen LogP) is 2.89. The third-order valence-corrected chi connectivity index (χ3v) is 3.92. The molecule has 4 rings (SSSR count). The molecule has 1 aromatic carbocycles. The maximum absolute atomic E-state index is 6.21. The molecule has 1 unspecified atom stereocenters. The van der Waals surface area contributed by atoms with Gasteiger partial charge < -0.3 is 14.2 Å². The maximum Gasteiger partial charge on any atom is 0.312 e. The van der Waals surface area contributed by atoms with E-state index < -0.39 is 5.97 Å². The molecule has 3 heteroatoms. The van der Waals surface area contributed by atoms with Crippen LogP contribution in [-0.4, -0.2) is 19.3 Å². The first-order valence-corrected chi connectivity index (χ1v) is 6.97. The first kappa shape index (κ1) is 13.6. The second-order valence-corrected chi connectivity index (χ2v) is 6.57. The molecule has 3 aliphatic heterocycles. The van der Waals surface area contributed by atoms with Crippen LogP contribution in [-0.2, 0) is 20.2 Å². The Labute approximate surface area is 120 Å². The summed E-state index contributed by atoms with van der Waals surface area (Å²) in [6, 6.07) is 7.62. The van der Waals surface area contributed by atoms with Gasteiger partial charge in [0.1, 0.15) is 0 Å². The second kappa shape index (κ2) is 4.60. The zero-order valence-corrected chi connectivity index (χ0v) is 12.2. The molecule has 0 saturated carbocycles. The Morgan fingerprint density at radius 3 is 2.55 bits per heavy atom. The molecular formula is C17H20O3. The number of ether oxygens (including phenoxy) is 3. The van der Waals surface area contributed by atoms with Gasteiger partial charge in [-0.1, -0.05) is 38.8 Å². The first-order valence-electron chi connectivity index (χ1n) is 6.97. The molecule has 106 valence electrons. The molecule has 1 atom stereocenters. The highest BCUT2D eigenvalue weighted by Gasteiger charge is 2.54. The summed E-state index contributed by atoms with van der Waals surface area (Å²) in [5.41, 5.74) is 1.68. The summed E-state index contributed by atoms with van der Waals surface area (Å²) in [5, 5.41) is 0. The monoisotopic (exact) mass is 272 g/mol. The van der Waals surface area contributed by atoms with E-state index in [-0.39, 0.29) is 17.4 Å². The molecule has 3 fully saturated rings. The van der Waals surface area contributed by atoms with Gasteiger partial charge >= 0.3 is 5.97 Å². The van der Waals surface area contributed by atoms with Crippen LogP contribution < -0.4 is 0 Å². The van der Waals surface area contributed by atoms with Crippen LogP contribution in [0, 0.1) is 23.7 Å². The molecule has 0 spiro atoms. The van der Waals surface area contributed by atoms with E-state index in [0.29, 0.717) is 13.2 Å². The highest BCUT2D eigenvalue weighted by molar-refractivity contribution is 5.36. The van der Waals surface area contributed by atoms with Crippen LogP contribution in [0.5, 0.6) is 0 Å². The van der Waals surface area contributed by atoms with Gasteiger partial charge in [-0.15, -0.1) is 6.42 Å². The van der Waals surface area contributed by atoms with Crippen molar-refractivity contribution in [1.82, 2.24) is 0 Å². The normalized spacial score (nSPS) is 32.9. The van der Waals surface area contributed by atoms with Gasteiger partial charge in [0, 0.05) is 17.0 Å². The topological polar surface area (TPSA) is 27.7 Å². The fourth-order valence-corrected chi connectivity index (χ4v) is 2.95. The molecule has 3 nitrogen and oxygen atoms in total. The third kappa shape index (κ3) is 2.14. The Kier molecular flexibility index (Phi) is 3.13. The molecule has 3 saturated heterocycles. The molecule has 20 heavy (non-hydrogen) atoms. The van der Waals surface area contributed by atoms with E-state index >= 15 is 0 Å². The lowest BCUT2D eigenvalue weighted by Gasteiger charge is -2.53. The van der Waals surface area contributed by atoms with Gasteiger partial charge in [0.15, 0.2) is 0 Å². The van der Waals surface area contributed by atoms with Gasteiger partial charge in [-0.25, -0.2) is 0 Å². The number of hydrogen-bond acceptors (Lipinski definition) is 3. The van der Waals surface area contributed by atoms with E-state index in [9.17, 15) is 0 Å². The molecule has 1 aromatic rings. The minimum Gasteiger partial charge on any atom is -0.323 e. The van der Waals surface area contributed by atoms with Gasteiger partial charge in [-0.3, -0.25) is 0 Å². The van der Waals surface area contributed by atoms with Gasteiger partial charge in [0.25, 0.3) is 0 Å². The minimum absolute atomic E-state index is 0.0488. The summed E-state index contributed by atoms with van der Waals surface area (Å²) < 4.78 is 17.9. The van der Waals surface area contributed by atoms with Crippen molar-refractivity contribution in [2.45, 2.75) is 32.8 Å². The van der Waals surface area contributed by atoms with Crippen LogP contribution in [0.15, 0.2) is 24.3 Å². The minimum atomic E-state index is -1.10. The Morgan fingerprint density at radius 1 is 1.25 bits per heavy atom. The first-order chi connectivity index (χ1) is 9.44. The average molecular weight is 272 g/mol. The van der Waals surface area contributed by atoms with Crippen molar-refractivity contribution >= 4 is 0 Å². The summed E-state index contributed by atoms with van der Waals surface area (Å²) in [6.45, 7) is 7.86. The maximum atomic E-state index is 6.21. The highest BCUT2D eigenvalue weighted by atomic mass is 16.9. The van der Waals surface area contributed by atoms with Crippen LogP contribution in [0.1, 0.15) is 31.9 Å². The van der Waals surface area contributed by atoms with Crippen LogP contribution in [0.25, 0.3) is 0 Å². The van der Waals surface area contributed by atoms with Crippen LogP contribution in [0.2, 0.25) is 0 Å². The van der Waals surface area contributed by atoms with Crippen molar-refractivity contribution < 1.29 is 14.2 Å². The number of hydrogen-bond donors (Lipinski definition) is 0. The van der Waals surface area contributed by atoms with Crippen molar-refractivity contribution in [1.29, 1.82) is 0 Å². The SMILES string of the molecule is C#Cc1cccc(C23OCC(CO2)C(C(C)(C)C)O3)c1. The van der Waals surface area contributed by atoms with Gasteiger partial charge in [0.2, 0.25) is 0 Å². The summed E-state index contributed by atoms with van der Waals surface area (Å²) in [4.78, 5) is 0. The number of terminal acetylenes is 1. The Morgan fingerprint density at radius 2 is 1.95 bits per heavy atom. The highest BCUT2D eigenvalue weighted by Crippen LogP contribution is 2.46. The lowest BCUT2D eigenvalue weighted by atomic mass is 9.80. The van der Waals surface area contributed by atoms with Gasteiger partial charge in [0.05, 0.1) is 19.3 Å². The molecule has 0 aromatic heterocycles. The largest absolute Gasteiger partial charge is 0.323 e. The molecule has 2 bridgehead atoms. The zero-order chi connectivity index (χ0) is 14.4. The Balaban J connectivity index is 1.97. The predicted molar refractivity (Wildman–Crippen MR) is 75.8 cm³/mol. The smallest absolute Gasteiger partial charge is 0.312 e. The van der Waals surface area contributed by atoms with Crippen molar-refractivity contribution in [2.75, 3.05) is 13.2 Å². The van der Waals surface area contributed by atoms with Crippen LogP contribution >= 0.6 is 0 Å². The Bertz CT molecular complexity index is 542. The molecule has 0 amide bonds. The quantitative estimate of drug-likeness (QED) is 0.736. The fraction of sp³-hybridized carbons (Fsp3) is 0.529. The number of rotatable bonds is 1. The summed E-state index contributed by atoms with van der Waals surface area (Å²) >= 11 is 0. The standard InChI is InChI=1S/C17H20O3/c1-5-12-7-6-8-14(9-12)17-18-10-13(11-19-17)15(20-17)16(2,3)4/h1,6-9,13,15H,10-11H2,2-4H3. The second-order valence-electron chi connectivity index (χ2n) is 6.57. The molecule has 0 radical (unpaired) electrons. The lowest BCUT2D eigenvalue weighted by molar-refractivity contribution is -0.488. The van der Waals surface area contributed by atoms with Crippen LogP contribution in [0.4, 0.5) is 0 Å². The molecular weight excluding hydrogens is 252 g/mol. The van der Waals surface area contributed by atoms with Gasteiger partial charge in [-0.05, 0) is 17.5 Å². The van der Waals surface area contributed by atoms with Crippen molar-refractivity contribution in [3.63, 3.8) is 0 Å². The fourth-order valence-electron chi connectivity index (χ4n) is 2.95. The molecule has 3 aliphatic rings. The number of fused-ring (bicyclic) bond motifs is 3. The van der Waals surface area contributed by atoms with Crippen LogP contribution in [0.3, 0.4) is 0 Å². The number of benzene rings is 1. The van der Waals surface area contributed by atoms with E-state index in [2.05, 4.69) is 26.7 Å². The average Bonchev–Trinajstić information content (AvgIpc) is 2.47. The molecule has 3 heterocycles. The molecule has 0 aliphatic carbocycles. The van der Waals surface area contributed by atoms with E-state index in [1.54, 1.807) is 0 Å². The third-order valence-electron chi connectivity index (χ3n) is 3.92.